The van der Waals surface area contributed by atoms with Gasteiger partial charge < -0.3 is 15.1 Å². The number of nitrogens with zero attached hydrogens (tertiary/aromatic N) is 1. The van der Waals surface area contributed by atoms with Crippen molar-refractivity contribution in [3.05, 3.63) is 24.2 Å². The summed E-state index contributed by atoms with van der Waals surface area (Å²) in [6.45, 7) is 3.38. The van der Waals surface area contributed by atoms with E-state index in [0.29, 0.717) is 6.54 Å². The highest BCUT2D eigenvalue weighted by Crippen LogP contribution is 2.25. The Kier molecular flexibility index (Phi) is 4.42. The van der Waals surface area contributed by atoms with Crippen molar-refractivity contribution < 1.29 is 9.21 Å². The summed E-state index contributed by atoms with van der Waals surface area (Å²) in [5.41, 5.74) is 7.00. The van der Waals surface area contributed by atoms with Crippen LogP contribution in [0.3, 0.4) is 0 Å². The molecule has 2 rings (SSSR count). The summed E-state index contributed by atoms with van der Waals surface area (Å²) >= 11 is 0. The van der Waals surface area contributed by atoms with Crippen LogP contribution < -0.4 is 5.73 Å². The van der Waals surface area contributed by atoms with Crippen LogP contribution in [-0.4, -0.2) is 23.4 Å². The normalized spacial score (nSPS) is 23.9. The van der Waals surface area contributed by atoms with Crippen molar-refractivity contribution in [3.63, 3.8) is 0 Å². The van der Waals surface area contributed by atoms with E-state index in [4.69, 9.17) is 10.2 Å². The molecule has 4 nitrogen and oxygen atoms in total. The van der Waals surface area contributed by atoms with Crippen molar-refractivity contribution in [2.45, 2.75) is 45.2 Å². The maximum absolute atomic E-state index is 12.4. The topological polar surface area (TPSA) is 59.5 Å². The smallest absolute Gasteiger partial charge is 0.226 e. The van der Waals surface area contributed by atoms with E-state index in [2.05, 4.69) is 0 Å². The fraction of sp³-hybridized carbons (Fsp3) is 0.643. The Labute approximate surface area is 108 Å². The van der Waals surface area contributed by atoms with Crippen LogP contribution in [0.1, 0.15) is 38.2 Å². The molecular formula is C14H22N2O2. The van der Waals surface area contributed by atoms with Gasteiger partial charge in [-0.15, -0.1) is 0 Å². The van der Waals surface area contributed by atoms with Crippen LogP contribution in [0.5, 0.6) is 0 Å². The Morgan fingerprint density at radius 1 is 1.56 bits per heavy atom. The highest BCUT2D eigenvalue weighted by Gasteiger charge is 2.28. The molecule has 0 bridgehead atoms. The van der Waals surface area contributed by atoms with Crippen molar-refractivity contribution in [2.75, 3.05) is 6.54 Å². The lowest BCUT2D eigenvalue weighted by atomic mass is 9.85. The molecule has 2 atom stereocenters. The summed E-state index contributed by atoms with van der Waals surface area (Å²) in [5, 5.41) is 0. The molecule has 0 radical (unpaired) electrons. The molecule has 0 aliphatic heterocycles. The third-order valence-corrected chi connectivity index (χ3v) is 3.71. The van der Waals surface area contributed by atoms with Gasteiger partial charge in [0.15, 0.2) is 0 Å². The monoisotopic (exact) mass is 250 g/mol. The van der Waals surface area contributed by atoms with Gasteiger partial charge in [0.25, 0.3) is 0 Å². The highest BCUT2D eigenvalue weighted by atomic mass is 16.3. The van der Waals surface area contributed by atoms with E-state index in [1.165, 1.54) is 0 Å². The first-order chi connectivity index (χ1) is 8.70. The summed E-state index contributed by atoms with van der Waals surface area (Å²) in [4.78, 5) is 14.3. The number of nitrogens with two attached hydrogens (primary N) is 1. The fourth-order valence-corrected chi connectivity index (χ4v) is 2.66. The van der Waals surface area contributed by atoms with Gasteiger partial charge in [0.2, 0.25) is 5.91 Å². The maximum Gasteiger partial charge on any atom is 0.226 e. The lowest BCUT2D eigenvalue weighted by Crippen LogP contribution is -2.40. The number of amides is 1. The number of carbonyl (C=O) groups is 1. The van der Waals surface area contributed by atoms with Gasteiger partial charge in [-0.1, -0.05) is 6.42 Å². The van der Waals surface area contributed by atoms with Crippen LogP contribution >= 0.6 is 0 Å². The first kappa shape index (κ1) is 13.1. The predicted octanol–water partition coefficient (Wildman–Crippen LogP) is 2.15. The van der Waals surface area contributed by atoms with Gasteiger partial charge in [-0.25, -0.2) is 0 Å². The highest BCUT2D eigenvalue weighted by molar-refractivity contribution is 5.79. The number of hydrogen-bond acceptors (Lipinski definition) is 3. The molecule has 1 heterocycles. The standard InChI is InChI=1S/C14H22N2O2/c1-2-16(9-11-6-7-18-10-11)14(17)12-4-3-5-13(15)8-12/h6-7,10,12-13H,2-5,8-9,15H2,1H3/t12-,13+/m1/s1. The molecule has 1 aromatic heterocycles. The number of hydrogen-bond donors (Lipinski definition) is 1. The van der Waals surface area contributed by atoms with E-state index in [0.717, 1.165) is 37.8 Å². The summed E-state index contributed by atoms with van der Waals surface area (Å²) in [5.74, 6) is 0.356. The minimum atomic E-state index is 0.112. The lowest BCUT2D eigenvalue weighted by Gasteiger charge is -2.30. The van der Waals surface area contributed by atoms with Crippen LogP contribution in [0, 0.1) is 5.92 Å². The van der Waals surface area contributed by atoms with E-state index in [1.54, 1.807) is 12.5 Å². The zero-order valence-corrected chi connectivity index (χ0v) is 11.0. The van der Waals surface area contributed by atoms with Crippen molar-refractivity contribution in [1.29, 1.82) is 0 Å². The fourth-order valence-electron chi connectivity index (χ4n) is 2.66. The Morgan fingerprint density at radius 3 is 3.00 bits per heavy atom. The summed E-state index contributed by atoms with van der Waals surface area (Å²) in [6.07, 6.45) is 7.28. The van der Waals surface area contributed by atoms with Crippen LogP contribution in [-0.2, 0) is 11.3 Å². The molecule has 0 saturated heterocycles. The van der Waals surface area contributed by atoms with Crippen LogP contribution in [0.4, 0.5) is 0 Å². The van der Waals surface area contributed by atoms with Gasteiger partial charge >= 0.3 is 0 Å². The minimum Gasteiger partial charge on any atom is -0.472 e. The molecule has 2 N–H and O–H groups in total. The quantitative estimate of drug-likeness (QED) is 0.890. The zero-order chi connectivity index (χ0) is 13.0. The van der Waals surface area contributed by atoms with E-state index in [1.807, 2.05) is 17.9 Å². The van der Waals surface area contributed by atoms with Crippen molar-refractivity contribution in [3.8, 4) is 0 Å². The predicted molar refractivity (Wildman–Crippen MR) is 69.7 cm³/mol. The molecule has 1 saturated carbocycles. The number of rotatable bonds is 4. The van der Waals surface area contributed by atoms with Gasteiger partial charge in [0.1, 0.15) is 0 Å². The maximum atomic E-state index is 12.4. The molecule has 0 unspecified atom stereocenters. The largest absolute Gasteiger partial charge is 0.472 e. The molecule has 0 aromatic carbocycles. The Hall–Kier alpha value is -1.29. The molecule has 1 aromatic rings. The minimum absolute atomic E-state index is 0.112. The molecule has 1 aliphatic carbocycles. The lowest BCUT2D eigenvalue weighted by molar-refractivity contribution is -0.137. The molecule has 0 spiro atoms. The van der Waals surface area contributed by atoms with E-state index >= 15 is 0 Å². The van der Waals surface area contributed by atoms with Crippen LogP contribution in [0.15, 0.2) is 23.0 Å². The summed E-state index contributed by atoms with van der Waals surface area (Å²) in [6, 6.07) is 2.10. The van der Waals surface area contributed by atoms with Crippen molar-refractivity contribution >= 4 is 5.91 Å². The Bertz CT molecular complexity index is 375. The van der Waals surface area contributed by atoms with Gasteiger partial charge in [-0.05, 0) is 32.3 Å². The van der Waals surface area contributed by atoms with Gasteiger partial charge in [-0.3, -0.25) is 4.79 Å². The van der Waals surface area contributed by atoms with Crippen LogP contribution in [0.2, 0.25) is 0 Å². The Morgan fingerprint density at radius 2 is 2.39 bits per heavy atom. The number of carbonyl (C=O) groups excluding carboxylic acids is 1. The van der Waals surface area contributed by atoms with Crippen molar-refractivity contribution in [2.24, 2.45) is 11.7 Å². The molecule has 1 fully saturated rings. The second-order valence-corrected chi connectivity index (χ2v) is 5.11. The molecule has 100 valence electrons. The second kappa shape index (κ2) is 6.05. The van der Waals surface area contributed by atoms with Gasteiger partial charge in [0, 0.05) is 30.6 Å². The first-order valence-electron chi connectivity index (χ1n) is 6.76. The van der Waals surface area contributed by atoms with E-state index in [9.17, 15) is 4.79 Å². The summed E-state index contributed by atoms with van der Waals surface area (Å²) < 4.78 is 5.04. The zero-order valence-electron chi connectivity index (χ0n) is 11.0. The molecule has 4 heteroatoms. The van der Waals surface area contributed by atoms with Gasteiger partial charge in [0.05, 0.1) is 12.5 Å². The third kappa shape index (κ3) is 3.13. The number of furan rings is 1. The molecular weight excluding hydrogens is 228 g/mol. The average Bonchev–Trinajstić information content (AvgIpc) is 2.88. The molecule has 1 amide bonds. The first-order valence-corrected chi connectivity index (χ1v) is 6.76. The van der Waals surface area contributed by atoms with E-state index < -0.39 is 0 Å². The second-order valence-electron chi connectivity index (χ2n) is 5.11. The van der Waals surface area contributed by atoms with E-state index in [-0.39, 0.29) is 17.9 Å². The van der Waals surface area contributed by atoms with Gasteiger partial charge in [-0.2, -0.15) is 0 Å². The van der Waals surface area contributed by atoms with Crippen LogP contribution in [0.25, 0.3) is 0 Å². The summed E-state index contributed by atoms with van der Waals surface area (Å²) in [7, 11) is 0. The molecule has 1 aliphatic rings. The molecule has 18 heavy (non-hydrogen) atoms. The Balaban J connectivity index is 1.96. The average molecular weight is 250 g/mol. The SMILES string of the molecule is CCN(Cc1ccoc1)C(=O)[C@@H]1CCC[C@H](N)C1. The third-order valence-electron chi connectivity index (χ3n) is 3.71. The van der Waals surface area contributed by atoms with Crippen molar-refractivity contribution in [1.82, 2.24) is 4.90 Å².